The van der Waals surface area contributed by atoms with Crippen molar-refractivity contribution in [3.63, 3.8) is 0 Å². The molecule has 0 aliphatic rings. The molecule has 0 amide bonds. The van der Waals surface area contributed by atoms with E-state index >= 15 is 0 Å². The van der Waals surface area contributed by atoms with Crippen LogP contribution < -0.4 is 5.32 Å². The third-order valence-corrected chi connectivity index (χ3v) is 2.46. The van der Waals surface area contributed by atoms with Crippen LogP contribution in [0.2, 0.25) is 0 Å². The summed E-state index contributed by atoms with van der Waals surface area (Å²) in [6.45, 7) is 7.55. The highest BCUT2D eigenvalue weighted by Gasteiger charge is 2.04. The largest absolute Gasteiger partial charge is 0.309 e. The SMILES string of the molecule is CC(C)CCC(C)NCc1cn(C)nn1. The maximum absolute atomic E-state index is 4.03. The van der Waals surface area contributed by atoms with Crippen molar-refractivity contribution in [2.24, 2.45) is 13.0 Å². The number of hydrogen-bond donors (Lipinski definition) is 1. The van der Waals surface area contributed by atoms with Gasteiger partial charge in [0.2, 0.25) is 0 Å². The van der Waals surface area contributed by atoms with Crippen molar-refractivity contribution in [3.8, 4) is 0 Å². The predicted octanol–water partition coefficient (Wildman–Crippen LogP) is 1.73. The van der Waals surface area contributed by atoms with Crippen LogP contribution in [-0.2, 0) is 13.6 Å². The Hall–Kier alpha value is -0.900. The van der Waals surface area contributed by atoms with Crippen LogP contribution in [0.4, 0.5) is 0 Å². The first-order valence-electron chi connectivity index (χ1n) is 5.66. The van der Waals surface area contributed by atoms with E-state index in [9.17, 15) is 0 Å². The van der Waals surface area contributed by atoms with Crippen molar-refractivity contribution in [2.75, 3.05) is 0 Å². The molecule has 15 heavy (non-hydrogen) atoms. The molecular formula is C11H22N4. The van der Waals surface area contributed by atoms with Gasteiger partial charge in [0.05, 0.1) is 5.69 Å². The van der Waals surface area contributed by atoms with E-state index in [-0.39, 0.29) is 0 Å². The first-order valence-corrected chi connectivity index (χ1v) is 5.66. The Morgan fingerprint density at radius 1 is 1.33 bits per heavy atom. The molecule has 0 saturated heterocycles. The zero-order chi connectivity index (χ0) is 11.3. The zero-order valence-corrected chi connectivity index (χ0v) is 10.2. The van der Waals surface area contributed by atoms with Crippen molar-refractivity contribution in [1.82, 2.24) is 20.3 Å². The van der Waals surface area contributed by atoms with E-state index in [0.717, 1.165) is 18.2 Å². The van der Waals surface area contributed by atoms with E-state index in [1.807, 2.05) is 13.2 Å². The summed E-state index contributed by atoms with van der Waals surface area (Å²) in [5, 5.41) is 11.4. The zero-order valence-electron chi connectivity index (χ0n) is 10.2. The summed E-state index contributed by atoms with van der Waals surface area (Å²) in [7, 11) is 1.89. The van der Waals surface area contributed by atoms with E-state index in [1.165, 1.54) is 12.8 Å². The summed E-state index contributed by atoms with van der Waals surface area (Å²) in [6.07, 6.45) is 4.44. The van der Waals surface area contributed by atoms with Gasteiger partial charge in [0.15, 0.2) is 0 Å². The maximum Gasteiger partial charge on any atom is 0.0964 e. The molecule has 1 rings (SSSR count). The van der Waals surface area contributed by atoms with Crippen LogP contribution in [0.25, 0.3) is 0 Å². The third-order valence-electron chi connectivity index (χ3n) is 2.46. The van der Waals surface area contributed by atoms with Crippen molar-refractivity contribution in [2.45, 2.75) is 46.2 Å². The molecule has 1 unspecified atom stereocenters. The highest BCUT2D eigenvalue weighted by atomic mass is 15.4. The summed E-state index contributed by atoms with van der Waals surface area (Å²) < 4.78 is 1.73. The van der Waals surface area contributed by atoms with Crippen LogP contribution in [0.15, 0.2) is 6.20 Å². The molecule has 1 aromatic heterocycles. The Balaban J connectivity index is 2.19. The number of nitrogens with one attached hydrogen (secondary N) is 1. The Kier molecular flexibility index (Phi) is 4.75. The molecule has 0 radical (unpaired) electrons. The second-order valence-corrected chi connectivity index (χ2v) is 4.64. The Morgan fingerprint density at radius 3 is 2.60 bits per heavy atom. The van der Waals surface area contributed by atoms with Crippen molar-refractivity contribution in [1.29, 1.82) is 0 Å². The van der Waals surface area contributed by atoms with Crippen LogP contribution in [0.1, 0.15) is 39.3 Å². The summed E-state index contributed by atoms with van der Waals surface area (Å²) in [4.78, 5) is 0. The lowest BCUT2D eigenvalue weighted by Gasteiger charge is -2.13. The molecule has 1 atom stereocenters. The van der Waals surface area contributed by atoms with Gasteiger partial charge in [-0.25, -0.2) is 0 Å². The summed E-state index contributed by atoms with van der Waals surface area (Å²) in [5.74, 6) is 0.783. The van der Waals surface area contributed by atoms with E-state index in [0.29, 0.717) is 6.04 Å². The molecular weight excluding hydrogens is 188 g/mol. The molecule has 0 aliphatic heterocycles. The van der Waals surface area contributed by atoms with E-state index in [4.69, 9.17) is 0 Å². The molecule has 0 spiro atoms. The number of hydrogen-bond acceptors (Lipinski definition) is 3. The highest BCUT2D eigenvalue weighted by molar-refractivity contribution is 4.91. The van der Waals surface area contributed by atoms with Crippen LogP contribution in [0.5, 0.6) is 0 Å². The minimum absolute atomic E-state index is 0.550. The fraction of sp³-hybridized carbons (Fsp3) is 0.818. The first kappa shape index (κ1) is 12.2. The fourth-order valence-corrected chi connectivity index (χ4v) is 1.44. The van der Waals surface area contributed by atoms with Crippen molar-refractivity contribution < 1.29 is 0 Å². The molecule has 0 aromatic carbocycles. The third kappa shape index (κ3) is 4.93. The normalized spacial score (nSPS) is 13.4. The smallest absolute Gasteiger partial charge is 0.0964 e. The lowest BCUT2D eigenvalue weighted by molar-refractivity contribution is 0.448. The van der Waals surface area contributed by atoms with Gasteiger partial charge in [0.25, 0.3) is 0 Å². The maximum atomic E-state index is 4.03. The Morgan fingerprint density at radius 2 is 2.07 bits per heavy atom. The number of nitrogens with zero attached hydrogens (tertiary/aromatic N) is 3. The van der Waals surface area contributed by atoms with Crippen molar-refractivity contribution in [3.05, 3.63) is 11.9 Å². The lowest BCUT2D eigenvalue weighted by Crippen LogP contribution is -2.25. The van der Waals surface area contributed by atoms with Gasteiger partial charge >= 0.3 is 0 Å². The van der Waals surface area contributed by atoms with Crippen LogP contribution in [-0.4, -0.2) is 21.0 Å². The fourth-order valence-electron chi connectivity index (χ4n) is 1.44. The number of rotatable bonds is 6. The van der Waals surface area contributed by atoms with Gasteiger partial charge in [-0.2, -0.15) is 0 Å². The molecule has 4 heteroatoms. The Bertz CT molecular complexity index is 280. The first-order chi connectivity index (χ1) is 7.08. The number of aromatic nitrogens is 3. The van der Waals surface area contributed by atoms with E-state index in [2.05, 4.69) is 36.4 Å². The Labute approximate surface area is 92.1 Å². The number of aryl methyl sites for hydroxylation is 1. The average Bonchev–Trinajstić information content (AvgIpc) is 2.58. The van der Waals surface area contributed by atoms with Gasteiger partial charge in [-0.3, -0.25) is 4.68 Å². The van der Waals surface area contributed by atoms with Crippen molar-refractivity contribution >= 4 is 0 Å². The predicted molar refractivity (Wildman–Crippen MR) is 61.4 cm³/mol. The molecule has 86 valence electrons. The molecule has 4 nitrogen and oxygen atoms in total. The minimum atomic E-state index is 0.550. The van der Waals surface area contributed by atoms with Gasteiger partial charge in [-0.05, 0) is 25.7 Å². The van der Waals surface area contributed by atoms with Gasteiger partial charge in [0, 0.05) is 25.8 Å². The molecule has 0 saturated carbocycles. The highest BCUT2D eigenvalue weighted by Crippen LogP contribution is 2.06. The molecule has 1 heterocycles. The van der Waals surface area contributed by atoms with E-state index in [1.54, 1.807) is 4.68 Å². The minimum Gasteiger partial charge on any atom is -0.309 e. The van der Waals surface area contributed by atoms with Crippen LogP contribution in [0, 0.1) is 5.92 Å². The molecule has 0 aliphatic carbocycles. The summed E-state index contributed by atoms with van der Waals surface area (Å²) in [5.41, 5.74) is 1.01. The topological polar surface area (TPSA) is 42.7 Å². The second-order valence-electron chi connectivity index (χ2n) is 4.64. The molecule has 0 bridgehead atoms. The monoisotopic (exact) mass is 210 g/mol. The van der Waals surface area contributed by atoms with Gasteiger partial charge < -0.3 is 5.32 Å². The summed E-state index contributed by atoms with van der Waals surface area (Å²) >= 11 is 0. The molecule has 1 aromatic rings. The quantitative estimate of drug-likeness (QED) is 0.777. The molecule has 0 fully saturated rings. The van der Waals surface area contributed by atoms with Gasteiger partial charge in [0.1, 0.15) is 0 Å². The van der Waals surface area contributed by atoms with Crippen LogP contribution in [0.3, 0.4) is 0 Å². The van der Waals surface area contributed by atoms with Gasteiger partial charge in [-0.15, -0.1) is 5.10 Å². The van der Waals surface area contributed by atoms with E-state index < -0.39 is 0 Å². The standard InChI is InChI=1S/C11H22N4/c1-9(2)5-6-10(3)12-7-11-8-15(4)14-13-11/h8-10,12H,5-7H2,1-4H3. The second kappa shape index (κ2) is 5.85. The average molecular weight is 210 g/mol. The molecule has 1 N–H and O–H groups in total. The summed E-state index contributed by atoms with van der Waals surface area (Å²) in [6, 6.07) is 0.550. The van der Waals surface area contributed by atoms with Crippen LogP contribution >= 0.6 is 0 Å². The lowest BCUT2D eigenvalue weighted by atomic mass is 10.0. The van der Waals surface area contributed by atoms with Gasteiger partial charge in [-0.1, -0.05) is 19.1 Å².